The maximum Gasteiger partial charge on any atom is 0.220 e. The minimum absolute atomic E-state index is 0.00155. The van der Waals surface area contributed by atoms with Crippen LogP contribution in [0.3, 0.4) is 0 Å². The molecular weight excluding hydrogens is 264 g/mol. The molecule has 1 atom stereocenters. The largest absolute Gasteiger partial charge is 0.399 e. The van der Waals surface area contributed by atoms with Crippen LogP contribution in [-0.2, 0) is 4.79 Å². The molecule has 1 saturated carbocycles. The highest BCUT2D eigenvalue weighted by atomic mass is 16.3. The normalized spacial score (nSPS) is 19.0. The summed E-state index contributed by atoms with van der Waals surface area (Å²) in [5.41, 5.74) is 6.81. The van der Waals surface area contributed by atoms with E-state index >= 15 is 0 Å². The summed E-state index contributed by atoms with van der Waals surface area (Å²) < 4.78 is 0. The van der Waals surface area contributed by atoms with Crippen LogP contribution in [0.4, 0.5) is 5.69 Å². The average Bonchev–Trinajstić information content (AvgIpc) is 2.47. The Balaban J connectivity index is 1.79. The highest BCUT2D eigenvalue weighted by molar-refractivity contribution is 5.76. The van der Waals surface area contributed by atoms with Crippen molar-refractivity contribution in [3.63, 3.8) is 0 Å². The van der Waals surface area contributed by atoms with Crippen molar-refractivity contribution in [2.24, 2.45) is 0 Å². The topological polar surface area (TPSA) is 75.3 Å². The van der Waals surface area contributed by atoms with E-state index in [1.165, 1.54) is 6.42 Å². The van der Waals surface area contributed by atoms with E-state index in [0.29, 0.717) is 13.0 Å². The van der Waals surface area contributed by atoms with Crippen LogP contribution in [-0.4, -0.2) is 23.2 Å². The molecule has 0 saturated heterocycles. The number of aliphatic hydroxyl groups is 1. The van der Waals surface area contributed by atoms with Crippen LogP contribution in [0.15, 0.2) is 24.3 Å². The quantitative estimate of drug-likeness (QED) is 0.730. The molecule has 1 unspecified atom stereocenters. The van der Waals surface area contributed by atoms with E-state index in [4.69, 9.17) is 5.73 Å². The van der Waals surface area contributed by atoms with Crippen LogP contribution in [0, 0.1) is 0 Å². The number of nitrogens with one attached hydrogen (secondary N) is 1. The van der Waals surface area contributed by atoms with Crippen molar-refractivity contribution in [1.29, 1.82) is 0 Å². The second-order valence-corrected chi connectivity index (χ2v) is 6.33. The monoisotopic (exact) mass is 290 g/mol. The van der Waals surface area contributed by atoms with Crippen LogP contribution < -0.4 is 11.1 Å². The van der Waals surface area contributed by atoms with Gasteiger partial charge in [-0.2, -0.15) is 0 Å². The van der Waals surface area contributed by atoms with Gasteiger partial charge in [-0.3, -0.25) is 4.79 Å². The first-order chi connectivity index (χ1) is 9.98. The van der Waals surface area contributed by atoms with E-state index in [1.54, 1.807) is 0 Å². The third-order valence-electron chi connectivity index (χ3n) is 4.40. The van der Waals surface area contributed by atoms with Gasteiger partial charge in [0.2, 0.25) is 5.91 Å². The van der Waals surface area contributed by atoms with Gasteiger partial charge in [0.15, 0.2) is 0 Å². The van der Waals surface area contributed by atoms with Crippen LogP contribution in [0.1, 0.15) is 56.9 Å². The van der Waals surface area contributed by atoms with E-state index in [2.05, 4.69) is 5.32 Å². The standard InChI is InChI=1S/C17H26N2O2/c1-13(14-5-7-15(18)8-6-14)11-16(20)19-12-17(21)9-3-2-4-10-17/h5-8,13,21H,2-4,9-12,18H2,1H3,(H,19,20). The molecule has 2 rings (SSSR count). The molecule has 4 heteroatoms. The van der Waals surface area contributed by atoms with Gasteiger partial charge in [0.1, 0.15) is 0 Å². The summed E-state index contributed by atoms with van der Waals surface area (Å²) in [6, 6.07) is 7.63. The summed E-state index contributed by atoms with van der Waals surface area (Å²) in [6.45, 7) is 2.40. The predicted octanol–water partition coefficient (Wildman–Crippen LogP) is 2.57. The summed E-state index contributed by atoms with van der Waals surface area (Å²) in [7, 11) is 0. The molecular formula is C17H26N2O2. The van der Waals surface area contributed by atoms with Crippen LogP contribution in [0.5, 0.6) is 0 Å². The number of nitrogens with two attached hydrogens (primary N) is 1. The van der Waals surface area contributed by atoms with E-state index in [-0.39, 0.29) is 11.8 Å². The molecule has 4 N–H and O–H groups in total. The summed E-state index contributed by atoms with van der Waals surface area (Å²) in [5, 5.41) is 13.3. The first-order valence-corrected chi connectivity index (χ1v) is 7.83. The molecule has 0 bridgehead atoms. The molecule has 21 heavy (non-hydrogen) atoms. The Morgan fingerprint density at radius 1 is 1.29 bits per heavy atom. The smallest absolute Gasteiger partial charge is 0.220 e. The van der Waals surface area contributed by atoms with Crippen molar-refractivity contribution in [3.05, 3.63) is 29.8 Å². The Kier molecular flexibility index (Phi) is 5.23. The van der Waals surface area contributed by atoms with Gasteiger partial charge < -0.3 is 16.2 Å². The molecule has 4 nitrogen and oxygen atoms in total. The molecule has 1 aromatic carbocycles. The van der Waals surface area contributed by atoms with Crippen LogP contribution >= 0.6 is 0 Å². The highest BCUT2D eigenvalue weighted by Crippen LogP contribution is 2.27. The van der Waals surface area contributed by atoms with Gasteiger partial charge in [0.25, 0.3) is 0 Å². The van der Waals surface area contributed by atoms with E-state index in [0.717, 1.165) is 36.9 Å². The van der Waals surface area contributed by atoms with Gasteiger partial charge >= 0.3 is 0 Å². The molecule has 1 aliphatic rings. The Morgan fingerprint density at radius 2 is 1.90 bits per heavy atom. The predicted molar refractivity (Wildman–Crippen MR) is 84.9 cm³/mol. The van der Waals surface area contributed by atoms with E-state index in [9.17, 15) is 9.90 Å². The third kappa shape index (κ3) is 4.74. The molecule has 1 aliphatic carbocycles. The number of carbonyl (C=O) groups is 1. The van der Waals surface area contributed by atoms with Crippen LogP contribution in [0.25, 0.3) is 0 Å². The molecule has 0 aromatic heterocycles. The van der Waals surface area contributed by atoms with Gasteiger partial charge in [-0.15, -0.1) is 0 Å². The summed E-state index contributed by atoms with van der Waals surface area (Å²) in [4.78, 5) is 12.0. The second kappa shape index (κ2) is 6.94. The zero-order chi connectivity index (χ0) is 15.3. The van der Waals surface area contributed by atoms with Crippen LogP contribution in [0.2, 0.25) is 0 Å². The lowest BCUT2D eigenvalue weighted by Crippen LogP contribution is -2.44. The number of benzene rings is 1. The fourth-order valence-corrected chi connectivity index (χ4v) is 2.94. The average molecular weight is 290 g/mol. The first-order valence-electron chi connectivity index (χ1n) is 7.83. The second-order valence-electron chi connectivity index (χ2n) is 6.33. The number of amides is 1. The van der Waals surface area contributed by atoms with E-state index < -0.39 is 5.60 Å². The highest BCUT2D eigenvalue weighted by Gasteiger charge is 2.29. The lowest BCUT2D eigenvalue weighted by Gasteiger charge is -2.32. The van der Waals surface area contributed by atoms with Crippen molar-refractivity contribution in [3.8, 4) is 0 Å². The Morgan fingerprint density at radius 3 is 2.52 bits per heavy atom. The molecule has 1 fully saturated rings. The lowest BCUT2D eigenvalue weighted by atomic mass is 9.85. The van der Waals surface area contributed by atoms with Crippen molar-refractivity contribution >= 4 is 11.6 Å². The maximum atomic E-state index is 12.0. The van der Waals surface area contributed by atoms with Crippen molar-refractivity contribution in [2.75, 3.05) is 12.3 Å². The number of hydrogen-bond acceptors (Lipinski definition) is 3. The SMILES string of the molecule is CC(CC(=O)NCC1(O)CCCCC1)c1ccc(N)cc1. The number of carbonyl (C=O) groups excluding carboxylic acids is 1. The van der Waals surface area contributed by atoms with Gasteiger partial charge in [-0.05, 0) is 36.5 Å². The minimum Gasteiger partial charge on any atom is -0.399 e. The first kappa shape index (κ1) is 15.8. The van der Waals surface area contributed by atoms with Crippen molar-refractivity contribution < 1.29 is 9.90 Å². The summed E-state index contributed by atoms with van der Waals surface area (Å²) in [5.74, 6) is 0.143. The third-order valence-corrected chi connectivity index (χ3v) is 4.40. The lowest BCUT2D eigenvalue weighted by molar-refractivity contribution is -0.123. The van der Waals surface area contributed by atoms with Crippen molar-refractivity contribution in [1.82, 2.24) is 5.32 Å². The number of hydrogen-bond donors (Lipinski definition) is 3. The fourth-order valence-electron chi connectivity index (χ4n) is 2.94. The molecule has 0 radical (unpaired) electrons. The van der Waals surface area contributed by atoms with Gasteiger partial charge in [-0.1, -0.05) is 38.3 Å². The van der Waals surface area contributed by atoms with Crippen molar-refractivity contribution in [2.45, 2.75) is 57.0 Å². The van der Waals surface area contributed by atoms with Gasteiger partial charge in [-0.25, -0.2) is 0 Å². The maximum absolute atomic E-state index is 12.0. The summed E-state index contributed by atoms with van der Waals surface area (Å²) in [6.07, 6.45) is 5.30. The minimum atomic E-state index is -0.696. The molecule has 1 aromatic rings. The number of rotatable bonds is 5. The fraction of sp³-hybridized carbons (Fsp3) is 0.588. The molecule has 1 amide bonds. The Hall–Kier alpha value is -1.55. The Bertz CT molecular complexity index is 464. The van der Waals surface area contributed by atoms with Gasteiger partial charge in [0.05, 0.1) is 5.60 Å². The molecule has 0 spiro atoms. The Labute approximate surface area is 126 Å². The molecule has 0 aliphatic heterocycles. The summed E-state index contributed by atoms with van der Waals surface area (Å²) >= 11 is 0. The molecule has 0 heterocycles. The van der Waals surface area contributed by atoms with E-state index in [1.807, 2.05) is 31.2 Å². The van der Waals surface area contributed by atoms with Gasteiger partial charge in [0, 0.05) is 18.7 Å². The number of anilines is 1. The molecule has 116 valence electrons. The zero-order valence-corrected chi connectivity index (χ0v) is 12.8. The zero-order valence-electron chi connectivity index (χ0n) is 12.8. The number of nitrogen functional groups attached to an aromatic ring is 1.